The summed E-state index contributed by atoms with van der Waals surface area (Å²) in [4.78, 5) is 0. The van der Waals surface area contributed by atoms with Gasteiger partial charge in [-0.2, -0.15) is 0 Å². The van der Waals surface area contributed by atoms with Gasteiger partial charge < -0.3 is 9.47 Å². The van der Waals surface area contributed by atoms with E-state index < -0.39 is 5.79 Å². The molecule has 1 saturated heterocycles. The lowest BCUT2D eigenvalue weighted by Crippen LogP contribution is -2.21. The van der Waals surface area contributed by atoms with Crippen molar-refractivity contribution >= 4 is 0 Å². The molecule has 0 bridgehead atoms. The van der Waals surface area contributed by atoms with Crippen LogP contribution in [0.5, 0.6) is 0 Å². The van der Waals surface area contributed by atoms with Gasteiger partial charge in [0.2, 0.25) is 0 Å². The van der Waals surface area contributed by atoms with Crippen LogP contribution in [-0.2, 0) is 9.47 Å². The van der Waals surface area contributed by atoms with Crippen molar-refractivity contribution in [1.82, 2.24) is 0 Å². The second-order valence-electron chi connectivity index (χ2n) is 2.21. The first kappa shape index (κ1) is 6.78. The molecule has 1 rings (SSSR count). The molecule has 0 spiro atoms. The van der Waals surface area contributed by atoms with E-state index in [4.69, 9.17) is 9.47 Å². The summed E-state index contributed by atoms with van der Waals surface area (Å²) >= 11 is 0. The Morgan fingerprint density at radius 2 is 1.89 bits per heavy atom. The SMILES string of the molecule is CC=CC1(C)OCCO1. The highest BCUT2D eigenvalue weighted by Crippen LogP contribution is 2.19. The van der Waals surface area contributed by atoms with Gasteiger partial charge in [0.05, 0.1) is 13.2 Å². The molecule has 0 aromatic heterocycles. The van der Waals surface area contributed by atoms with Gasteiger partial charge in [-0.25, -0.2) is 0 Å². The second-order valence-corrected chi connectivity index (χ2v) is 2.21. The standard InChI is InChI=1S/C7H12O2/c1-3-4-7(2)8-5-6-9-7/h3-4H,5-6H2,1-2H3. The lowest BCUT2D eigenvalue weighted by Gasteiger charge is -2.16. The van der Waals surface area contributed by atoms with Gasteiger partial charge in [0.25, 0.3) is 0 Å². The fourth-order valence-electron chi connectivity index (χ4n) is 0.929. The molecule has 0 aliphatic carbocycles. The van der Waals surface area contributed by atoms with Crippen molar-refractivity contribution < 1.29 is 9.47 Å². The van der Waals surface area contributed by atoms with Gasteiger partial charge in [0.15, 0.2) is 5.79 Å². The molecular formula is C7H12O2. The summed E-state index contributed by atoms with van der Waals surface area (Å²) in [6.45, 7) is 5.29. The zero-order valence-electron chi connectivity index (χ0n) is 5.89. The smallest absolute Gasteiger partial charge is 0.185 e. The molecule has 2 nitrogen and oxygen atoms in total. The summed E-state index contributed by atoms with van der Waals surface area (Å²) in [5.41, 5.74) is 0. The molecule has 0 aromatic rings. The summed E-state index contributed by atoms with van der Waals surface area (Å²) in [7, 11) is 0. The zero-order valence-corrected chi connectivity index (χ0v) is 5.89. The largest absolute Gasteiger partial charge is 0.344 e. The van der Waals surface area contributed by atoms with Crippen LogP contribution >= 0.6 is 0 Å². The molecule has 0 amide bonds. The van der Waals surface area contributed by atoms with Crippen molar-refractivity contribution in [1.29, 1.82) is 0 Å². The first-order valence-electron chi connectivity index (χ1n) is 3.18. The fourth-order valence-corrected chi connectivity index (χ4v) is 0.929. The molecule has 1 aliphatic heterocycles. The molecule has 1 aliphatic rings. The minimum atomic E-state index is -0.436. The van der Waals surface area contributed by atoms with Crippen LogP contribution < -0.4 is 0 Å². The maximum absolute atomic E-state index is 5.27. The Morgan fingerprint density at radius 3 is 2.33 bits per heavy atom. The predicted molar refractivity (Wildman–Crippen MR) is 35.1 cm³/mol. The molecule has 9 heavy (non-hydrogen) atoms. The van der Waals surface area contributed by atoms with Crippen LogP contribution in [0.4, 0.5) is 0 Å². The molecular weight excluding hydrogens is 116 g/mol. The van der Waals surface area contributed by atoms with Crippen LogP contribution in [0.2, 0.25) is 0 Å². The van der Waals surface area contributed by atoms with E-state index in [1.165, 1.54) is 0 Å². The van der Waals surface area contributed by atoms with E-state index in [0.717, 1.165) is 0 Å². The number of ether oxygens (including phenoxy) is 2. The summed E-state index contributed by atoms with van der Waals surface area (Å²) in [6, 6.07) is 0. The maximum Gasteiger partial charge on any atom is 0.185 e. The van der Waals surface area contributed by atoms with Gasteiger partial charge in [-0.05, 0) is 19.9 Å². The van der Waals surface area contributed by atoms with E-state index in [0.29, 0.717) is 13.2 Å². The van der Waals surface area contributed by atoms with Crippen molar-refractivity contribution in [2.75, 3.05) is 13.2 Å². The molecule has 0 atom stereocenters. The van der Waals surface area contributed by atoms with Crippen LogP contribution in [0.15, 0.2) is 12.2 Å². The number of rotatable bonds is 1. The third kappa shape index (κ3) is 1.53. The van der Waals surface area contributed by atoms with E-state index in [1.54, 1.807) is 0 Å². The highest BCUT2D eigenvalue weighted by atomic mass is 16.7. The first-order chi connectivity index (χ1) is 4.27. The van der Waals surface area contributed by atoms with Crippen molar-refractivity contribution in [2.45, 2.75) is 19.6 Å². The van der Waals surface area contributed by atoms with Crippen molar-refractivity contribution in [2.24, 2.45) is 0 Å². The summed E-state index contributed by atoms with van der Waals surface area (Å²) in [5.74, 6) is -0.436. The third-order valence-corrected chi connectivity index (χ3v) is 1.33. The molecule has 1 fully saturated rings. The van der Waals surface area contributed by atoms with E-state index in [-0.39, 0.29) is 0 Å². The summed E-state index contributed by atoms with van der Waals surface area (Å²) in [6.07, 6.45) is 3.85. The molecule has 0 radical (unpaired) electrons. The molecule has 52 valence electrons. The normalized spacial score (nSPS) is 25.6. The molecule has 0 unspecified atom stereocenters. The lowest BCUT2D eigenvalue weighted by atomic mass is 10.3. The highest BCUT2D eigenvalue weighted by molar-refractivity contribution is 4.92. The first-order valence-corrected chi connectivity index (χ1v) is 3.18. The molecule has 2 heteroatoms. The molecule has 0 N–H and O–H groups in total. The Kier molecular flexibility index (Phi) is 1.88. The van der Waals surface area contributed by atoms with Gasteiger partial charge in [-0.15, -0.1) is 0 Å². The Labute approximate surface area is 55.5 Å². The Bertz CT molecular complexity index is 112. The Morgan fingerprint density at radius 1 is 1.33 bits per heavy atom. The van der Waals surface area contributed by atoms with Gasteiger partial charge in [-0.1, -0.05) is 6.08 Å². The highest BCUT2D eigenvalue weighted by Gasteiger charge is 2.26. The molecule has 1 heterocycles. The maximum atomic E-state index is 5.27. The van der Waals surface area contributed by atoms with E-state index in [9.17, 15) is 0 Å². The van der Waals surface area contributed by atoms with Crippen molar-refractivity contribution in [3.63, 3.8) is 0 Å². The van der Waals surface area contributed by atoms with Crippen LogP contribution in [0, 0.1) is 0 Å². The van der Waals surface area contributed by atoms with Crippen molar-refractivity contribution in [3.05, 3.63) is 12.2 Å². The number of hydrogen-bond acceptors (Lipinski definition) is 2. The van der Waals surface area contributed by atoms with Crippen LogP contribution in [0.3, 0.4) is 0 Å². The minimum Gasteiger partial charge on any atom is -0.344 e. The summed E-state index contributed by atoms with van der Waals surface area (Å²) < 4.78 is 10.5. The van der Waals surface area contributed by atoms with Crippen molar-refractivity contribution in [3.8, 4) is 0 Å². The minimum absolute atomic E-state index is 0.436. The Balaban J connectivity index is 2.51. The predicted octanol–water partition coefficient (Wildman–Crippen LogP) is 1.33. The van der Waals surface area contributed by atoms with Gasteiger partial charge >= 0.3 is 0 Å². The van der Waals surface area contributed by atoms with Gasteiger partial charge in [0, 0.05) is 0 Å². The fraction of sp³-hybridized carbons (Fsp3) is 0.714. The zero-order chi connectivity index (χ0) is 6.74. The quantitative estimate of drug-likeness (QED) is 0.496. The second kappa shape index (κ2) is 2.50. The van der Waals surface area contributed by atoms with E-state index in [2.05, 4.69) is 0 Å². The number of hydrogen-bond donors (Lipinski definition) is 0. The van der Waals surface area contributed by atoms with Crippen LogP contribution in [-0.4, -0.2) is 19.0 Å². The third-order valence-electron chi connectivity index (χ3n) is 1.33. The van der Waals surface area contributed by atoms with Gasteiger partial charge in [-0.3, -0.25) is 0 Å². The average molecular weight is 128 g/mol. The van der Waals surface area contributed by atoms with Crippen LogP contribution in [0.1, 0.15) is 13.8 Å². The average Bonchev–Trinajstić information content (AvgIpc) is 2.16. The molecule has 0 saturated carbocycles. The summed E-state index contributed by atoms with van der Waals surface area (Å²) in [5, 5.41) is 0. The monoisotopic (exact) mass is 128 g/mol. The van der Waals surface area contributed by atoms with E-state index >= 15 is 0 Å². The molecule has 0 aromatic carbocycles. The number of allylic oxidation sites excluding steroid dienone is 1. The van der Waals surface area contributed by atoms with Crippen LogP contribution in [0.25, 0.3) is 0 Å². The topological polar surface area (TPSA) is 18.5 Å². The van der Waals surface area contributed by atoms with Gasteiger partial charge in [0.1, 0.15) is 0 Å². The lowest BCUT2D eigenvalue weighted by molar-refractivity contribution is -0.0997. The van der Waals surface area contributed by atoms with E-state index in [1.807, 2.05) is 26.0 Å². The Hall–Kier alpha value is -0.340.